The van der Waals surface area contributed by atoms with Crippen molar-refractivity contribution in [1.29, 1.82) is 0 Å². The van der Waals surface area contributed by atoms with Gasteiger partial charge < -0.3 is 5.32 Å². The highest BCUT2D eigenvalue weighted by Crippen LogP contribution is 2.19. The number of benzene rings is 3. The molecule has 0 radical (unpaired) electrons. The van der Waals surface area contributed by atoms with Crippen LogP contribution in [0.3, 0.4) is 0 Å². The molecule has 0 aliphatic carbocycles. The maximum absolute atomic E-state index is 12.7. The minimum atomic E-state index is -0.142. The molecule has 5 heteroatoms. The SMILES string of the molecule is CCc1ccccc1NC(=O)c1ccc2c(c1)nnn2Cc1ccccc1C. The number of aromatic nitrogens is 3. The summed E-state index contributed by atoms with van der Waals surface area (Å²) in [6, 6.07) is 21.6. The van der Waals surface area contributed by atoms with Gasteiger partial charge in [0.2, 0.25) is 0 Å². The summed E-state index contributed by atoms with van der Waals surface area (Å²) in [6.45, 7) is 4.81. The fourth-order valence-corrected chi connectivity index (χ4v) is 3.32. The number of carbonyl (C=O) groups excluding carboxylic acids is 1. The van der Waals surface area contributed by atoms with Gasteiger partial charge in [-0.25, -0.2) is 4.68 Å². The summed E-state index contributed by atoms with van der Waals surface area (Å²) in [5.74, 6) is -0.142. The number of nitrogens with one attached hydrogen (secondary N) is 1. The first-order valence-corrected chi connectivity index (χ1v) is 9.42. The lowest BCUT2D eigenvalue weighted by Gasteiger charge is -2.10. The van der Waals surface area contributed by atoms with Gasteiger partial charge in [0.1, 0.15) is 5.52 Å². The quantitative estimate of drug-likeness (QED) is 0.558. The molecule has 4 aromatic rings. The number of anilines is 1. The van der Waals surface area contributed by atoms with Crippen LogP contribution in [0.5, 0.6) is 0 Å². The van der Waals surface area contributed by atoms with Crippen LogP contribution >= 0.6 is 0 Å². The van der Waals surface area contributed by atoms with Gasteiger partial charge in [-0.05, 0) is 54.3 Å². The smallest absolute Gasteiger partial charge is 0.255 e. The van der Waals surface area contributed by atoms with Crippen molar-refractivity contribution in [3.8, 4) is 0 Å². The molecule has 0 aliphatic rings. The van der Waals surface area contributed by atoms with Crippen molar-refractivity contribution >= 4 is 22.6 Å². The first-order valence-electron chi connectivity index (χ1n) is 9.42. The van der Waals surface area contributed by atoms with E-state index in [1.165, 1.54) is 11.1 Å². The average Bonchev–Trinajstić information content (AvgIpc) is 3.12. The maximum atomic E-state index is 12.7. The Morgan fingerprint density at radius 3 is 2.54 bits per heavy atom. The van der Waals surface area contributed by atoms with Gasteiger partial charge in [-0.15, -0.1) is 5.10 Å². The van der Waals surface area contributed by atoms with Crippen LogP contribution in [0.2, 0.25) is 0 Å². The predicted octanol–water partition coefficient (Wildman–Crippen LogP) is 4.60. The topological polar surface area (TPSA) is 59.8 Å². The lowest BCUT2D eigenvalue weighted by molar-refractivity contribution is 0.102. The molecule has 5 nitrogen and oxygen atoms in total. The molecular formula is C23H22N4O. The molecule has 0 bridgehead atoms. The number of nitrogens with zero attached hydrogens (tertiary/aromatic N) is 3. The Hall–Kier alpha value is -3.47. The molecule has 0 unspecified atom stereocenters. The second kappa shape index (κ2) is 7.64. The van der Waals surface area contributed by atoms with E-state index in [2.05, 4.69) is 41.6 Å². The highest BCUT2D eigenvalue weighted by molar-refractivity contribution is 6.06. The van der Waals surface area contributed by atoms with Crippen LogP contribution in [0.15, 0.2) is 66.7 Å². The Morgan fingerprint density at radius 1 is 1.00 bits per heavy atom. The van der Waals surface area contributed by atoms with Crippen molar-refractivity contribution in [2.24, 2.45) is 0 Å². The molecule has 0 saturated heterocycles. The van der Waals surface area contributed by atoms with Crippen LogP contribution in [0.4, 0.5) is 5.69 Å². The van der Waals surface area contributed by atoms with Crippen molar-refractivity contribution in [2.75, 3.05) is 5.32 Å². The normalized spacial score (nSPS) is 10.9. The van der Waals surface area contributed by atoms with Crippen LogP contribution in [0, 0.1) is 6.92 Å². The van der Waals surface area contributed by atoms with Crippen LogP contribution in [0.1, 0.15) is 34.0 Å². The van der Waals surface area contributed by atoms with Gasteiger partial charge in [0.05, 0.1) is 12.1 Å². The summed E-state index contributed by atoms with van der Waals surface area (Å²) in [5.41, 5.74) is 6.57. The molecule has 3 aromatic carbocycles. The highest BCUT2D eigenvalue weighted by Gasteiger charge is 2.12. The Balaban J connectivity index is 1.59. The van der Waals surface area contributed by atoms with Crippen molar-refractivity contribution < 1.29 is 4.79 Å². The van der Waals surface area contributed by atoms with E-state index in [1.54, 1.807) is 6.07 Å². The molecule has 4 rings (SSSR count). The standard InChI is InChI=1S/C23H22N4O/c1-3-17-9-6-7-11-20(17)24-23(28)18-12-13-22-21(14-18)25-26-27(22)15-19-10-5-4-8-16(19)2/h4-14H,3,15H2,1-2H3,(H,24,28). The summed E-state index contributed by atoms with van der Waals surface area (Å²) in [6.07, 6.45) is 0.864. The molecule has 0 atom stereocenters. The minimum absolute atomic E-state index is 0.142. The number of amides is 1. The fraction of sp³-hybridized carbons (Fsp3) is 0.174. The highest BCUT2D eigenvalue weighted by atomic mass is 16.1. The Morgan fingerprint density at radius 2 is 1.75 bits per heavy atom. The lowest BCUT2D eigenvalue weighted by Crippen LogP contribution is -2.13. The lowest BCUT2D eigenvalue weighted by atomic mass is 10.1. The van der Waals surface area contributed by atoms with E-state index < -0.39 is 0 Å². The van der Waals surface area contributed by atoms with Gasteiger partial charge in [-0.1, -0.05) is 54.6 Å². The van der Waals surface area contributed by atoms with Gasteiger partial charge >= 0.3 is 0 Å². The number of hydrogen-bond donors (Lipinski definition) is 1. The van der Waals surface area contributed by atoms with Gasteiger partial charge in [0, 0.05) is 11.3 Å². The second-order valence-electron chi connectivity index (χ2n) is 6.84. The van der Waals surface area contributed by atoms with Crippen LogP contribution in [-0.2, 0) is 13.0 Å². The minimum Gasteiger partial charge on any atom is -0.322 e. The van der Waals surface area contributed by atoms with E-state index in [1.807, 2.05) is 53.2 Å². The van der Waals surface area contributed by atoms with Crippen molar-refractivity contribution in [3.63, 3.8) is 0 Å². The number of para-hydroxylation sites is 1. The van der Waals surface area contributed by atoms with Crippen LogP contribution in [-0.4, -0.2) is 20.9 Å². The zero-order chi connectivity index (χ0) is 19.5. The molecule has 0 saturated carbocycles. The number of carbonyl (C=O) groups is 1. The van der Waals surface area contributed by atoms with Gasteiger partial charge in [-0.3, -0.25) is 4.79 Å². The Labute approximate surface area is 164 Å². The number of hydrogen-bond acceptors (Lipinski definition) is 3. The van der Waals surface area contributed by atoms with Crippen LogP contribution in [0.25, 0.3) is 11.0 Å². The molecule has 0 spiro atoms. The van der Waals surface area contributed by atoms with Gasteiger partial charge in [0.25, 0.3) is 5.91 Å². The average molecular weight is 370 g/mol. The number of rotatable bonds is 5. The summed E-state index contributed by atoms with van der Waals surface area (Å²) in [7, 11) is 0. The largest absolute Gasteiger partial charge is 0.322 e. The third-order valence-corrected chi connectivity index (χ3v) is 5.00. The Bertz CT molecular complexity index is 1150. The zero-order valence-electron chi connectivity index (χ0n) is 16.0. The van der Waals surface area contributed by atoms with E-state index in [4.69, 9.17) is 0 Å². The summed E-state index contributed by atoms with van der Waals surface area (Å²) < 4.78 is 1.87. The third-order valence-electron chi connectivity index (χ3n) is 5.00. The molecule has 28 heavy (non-hydrogen) atoms. The molecule has 1 aromatic heterocycles. The third kappa shape index (κ3) is 3.51. The summed E-state index contributed by atoms with van der Waals surface area (Å²) in [4.78, 5) is 12.7. The molecule has 140 valence electrons. The molecule has 1 amide bonds. The van der Waals surface area contributed by atoms with Crippen molar-refractivity contribution in [1.82, 2.24) is 15.0 Å². The Kier molecular flexibility index (Phi) is 4.89. The van der Waals surface area contributed by atoms with E-state index in [0.717, 1.165) is 23.2 Å². The fourth-order valence-electron chi connectivity index (χ4n) is 3.32. The van der Waals surface area contributed by atoms with Crippen molar-refractivity contribution in [2.45, 2.75) is 26.8 Å². The number of fused-ring (bicyclic) bond motifs is 1. The molecular weight excluding hydrogens is 348 g/mol. The molecule has 0 aliphatic heterocycles. The maximum Gasteiger partial charge on any atom is 0.255 e. The predicted molar refractivity (Wildman–Crippen MR) is 112 cm³/mol. The first kappa shape index (κ1) is 17.9. The molecule has 1 heterocycles. The van der Waals surface area contributed by atoms with E-state index in [0.29, 0.717) is 17.6 Å². The van der Waals surface area contributed by atoms with Crippen molar-refractivity contribution in [3.05, 3.63) is 89.0 Å². The second-order valence-corrected chi connectivity index (χ2v) is 6.84. The van der Waals surface area contributed by atoms with Gasteiger partial charge in [-0.2, -0.15) is 0 Å². The monoisotopic (exact) mass is 370 g/mol. The first-order chi connectivity index (χ1) is 13.7. The molecule has 0 fully saturated rings. The summed E-state index contributed by atoms with van der Waals surface area (Å²) >= 11 is 0. The zero-order valence-corrected chi connectivity index (χ0v) is 16.0. The number of aryl methyl sites for hydroxylation is 2. The van der Waals surface area contributed by atoms with E-state index >= 15 is 0 Å². The van der Waals surface area contributed by atoms with Gasteiger partial charge in [0.15, 0.2) is 0 Å². The van der Waals surface area contributed by atoms with E-state index in [-0.39, 0.29) is 5.91 Å². The van der Waals surface area contributed by atoms with E-state index in [9.17, 15) is 4.79 Å². The van der Waals surface area contributed by atoms with Crippen LogP contribution < -0.4 is 5.32 Å². The summed E-state index contributed by atoms with van der Waals surface area (Å²) in [5, 5.41) is 11.5. The molecule has 1 N–H and O–H groups in total.